The van der Waals surface area contributed by atoms with Gasteiger partial charge in [0.2, 0.25) is 0 Å². The van der Waals surface area contributed by atoms with Gasteiger partial charge in [-0.1, -0.05) is 39.0 Å². The van der Waals surface area contributed by atoms with E-state index < -0.39 is 0 Å². The second-order valence-electron chi connectivity index (χ2n) is 6.53. The van der Waals surface area contributed by atoms with Gasteiger partial charge in [0.25, 0.3) is 0 Å². The van der Waals surface area contributed by atoms with E-state index >= 15 is 0 Å². The summed E-state index contributed by atoms with van der Waals surface area (Å²) in [5, 5.41) is 3.46. The maximum absolute atomic E-state index is 12.1. The number of piperidine rings is 1. The van der Waals surface area contributed by atoms with Gasteiger partial charge in [-0.2, -0.15) is 0 Å². The molecule has 1 aliphatic heterocycles. The molecule has 0 bridgehead atoms. The Morgan fingerprint density at radius 1 is 1.17 bits per heavy atom. The maximum Gasteiger partial charge on any atom is 0.133 e. The zero-order chi connectivity index (χ0) is 12.8. The average Bonchev–Trinajstić information content (AvgIpc) is 2.40. The van der Waals surface area contributed by atoms with Crippen molar-refractivity contribution in [2.24, 2.45) is 17.8 Å². The van der Waals surface area contributed by atoms with Crippen LogP contribution in [0.25, 0.3) is 0 Å². The van der Waals surface area contributed by atoms with Gasteiger partial charge >= 0.3 is 0 Å². The number of carbonyl (C=O) groups excluding carboxylic acids is 1. The van der Waals surface area contributed by atoms with Crippen LogP contribution >= 0.6 is 0 Å². The molecule has 2 rings (SSSR count). The Bertz CT molecular complexity index is 252. The first-order valence-electron chi connectivity index (χ1n) is 7.98. The van der Waals surface area contributed by atoms with Crippen molar-refractivity contribution in [3.63, 3.8) is 0 Å². The van der Waals surface area contributed by atoms with E-state index in [2.05, 4.69) is 12.2 Å². The first-order chi connectivity index (χ1) is 8.75. The van der Waals surface area contributed by atoms with Gasteiger partial charge in [-0.3, -0.25) is 4.79 Å². The summed E-state index contributed by atoms with van der Waals surface area (Å²) >= 11 is 0. The van der Waals surface area contributed by atoms with Gasteiger partial charge in [-0.25, -0.2) is 0 Å². The summed E-state index contributed by atoms with van der Waals surface area (Å²) < 4.78 is 0. The van der Waals surface area contributed by atoms with Crippen LogP contribution in [-0.4, -0.2) is 18.9 Å². The highest BCUT2D eigenvalue weighted by Gasteiger charge is 2.23. The molecule has 0 aromatic heterocycles. The lowest BCUT2D eigenvalue weighted by Crippen LogP contribution is -2.34. The molecule has 0 aromatic rings. The highest BCUT2D eigenvalue weighted by molar-refractivity contribution is 5.78. The largest absolute Gasteiger partial charge is 0.316 e. The highest BCUT2D eigenvalue weighted by atomic mass is 16.1. The fourth-order valence-corrected chi connectivity index (χ4v) is 3.69. The van der Waals surface area contributed by atoms with Crippen LogP contribution in [-0.2, 0) is 4.79 Å². The molecule has 2 unspecified atom stereocenters. The normalized spacial score (nSPS) is 27.9. The second-order valence-corrected chi connectivity index (χ2v) is 6.53. The number of hydrogen-bond donors (Lipinski definition) is 1. The summed E-state index contributed by atoms with van der Waals surface area (Å²) in [6, 6.07) is 0. The fourth-order valence-electron chi connectivity index (χ4n) is 3.69. The van der Waals surface area contributed by atoms with Crippen LogP contribution in [0.2, 0.25) is 0 Å². The van der Waals surface area contributed by atoms with E-state index in [0.29, 0.717) is 17.6 Å². The molecule has 1 heterocycles. The lowest BCUT2D eigenvalue weighted by atomic mass is 9.81. The molecule has 2 fully saturated rings. The molecule has 2 heteroatoms. The molecule has 1 N–H and O–H groups in total. The Labute approximate surface area is 112 Å². The third-order valence-corrected chi connectivity index (χ3v) is 4.93. The van der Waals surface area contributed by atoms with Gasteiger partial charge in [-0.05, 0) is 43.7 Å². The molecular formula is C16H29NO. The molecule has 104 valence electrons. The minimum absolute atomic E-state index is 0.528. The molecule has 1 aliphatic carbocycles. The van der Waals surface area contributed by atoms with Gasteiger partial charge in [0.1, 0.15) is 5.78 Å². The first-order valence-corrected chi connectivity index (χ1v) is 7.98. The average molecular weight is 251 g/mol. The molecule has 2 atom stereocenters. The summed E-state index contributed by atoms with van der Waals surface area (Å²) in [4.78, 5) is 12.1. The van der Waals surface area contributed by atoms with Crippen LogP contribution < -0.4 is 5.32 Å². The summed E-state index contributed by atoms with van der Waals surface area (Å²) in [6.07, 6.45) is 11.0. The molecule has 2 nitrogen and oxygen atoms in total. The molecule has 0 aromatic carbocycles. The van der Waals surface area contributed by atoms with Crippen molar-refractivity contribution in [3.8, 4) is 0 Å². The first kappa shape index (κ1) is 14.0. The van der Waals surface area contributed by atoms with Gasteiger partial charge in [0.15, 0.2) is 0 Å². The molecule has 1 saturated heterocycles. The van der Waals surface area contributed by atoms with E-state index in [1.54, 1.807) is 0 Å². The lowest BCUT2D eigenvalue weighted by molar-refractivity contribution is -0.121. The Hall–Kier alpha value is -0.370. The molecule has 18 heavy (non-hydrogen) atoms. The van der Waals surface area contributed by atoms with Crippen molar-refractivity contribution in [3.05, 3.63) is 0 Å². The van der Waals surface area contributed by atoms with E-state index in [9.17, 15) is 4.79 Å². The van der Waals surface area contributed by atoms with Crippen LogP contribution in [0.1, 0.15) is 64.7 Å². The summed E-state index contributed by atoms with van der Waals surface area (Å²) in [5.41, 5.74) is 0. The van der Waals surface area contributed by atoms with Crippen molar-refractivity contribution in [2.75, 3.05) is 13.1 Å². The highest BCUT2D eigenvalue weighted by Crippen LogP contribution is 2.29. The van der Waals surface area contributed by atoms with Crippen LogP contribution in [0.5, 0.6) is 0 Å². The van der Waals surface area contributed by atoms with Crippen LogP contribution in [0.3, 0.4) is 0 Å². The van der Waals surface area contributed by atoms with Crippen LogP contribution in [0.15, 0.2) is 0 Å². The van der Waals surface area contributed by atoms with Crippen molar-refractivity contribution in [1.82, 2.24) is 5.32 Å². The Kier molecular flexibility index (Phi) is 5.68. The maximum atomic E-state index is 12.1. The Morgan fingerprint density at radius 3 is 2.61 bits per heavy atom. The fraction of sp³-hybridized carbons (Fsp3) is 0.938. The Morgan fingerprint density at radius 2 is 1.94 bits per heavy atom. The van der Waals surface area contributed by atoms with E-state index in [1.807, 2.05) is 0 Å². The van der Waals surface area contributed by atoms with Gasteiger partial charge in [0.05, 0.1) is 0 Å². The third kappa shape index (κ3) is 4.38. The third-order valence-electron chi connectivity index (χ3n) is 4.93. The quantitative estimate of drug-likeness (QED) is 0.809. The van der Waals surface area contributed by atoms with Gasteiger partial charge in [0, 0.05) is 12.8 Å². The summed E-state index contributed by atoms with van der Waals surface area (Å²) in [6.45, 7) is 4.56. The number of carbonyl (C=O) groups is 1. The predicted octanol–water partition coefficient (Wildman–Crippen LogP) is 3.55. The number of ketones is 1. The van der Waals surface area contributed by atoms with Crippen LogP contribution in [0.4, 0.5) is 0 Å². The van der Waals surface area contributed by atoms with Crippen molar-refractivity contribution in [2.45, 2.75) is 64.7 Å². The monoisotopic (exact) mass is 251 g/mol. The van der Waals surface area contributed by atoms with E-state index in [1.165, 1.54) is 51.5 Å². The molecule has 0 radical (unpaired) electrons. The van der Waals surface area contributed by atoms with Crippen molar-refractivity contribution in [1.29, 1.82) is 0 Å². The van der Waals surface area contributed by atoms with Crippen LogP contribution in [0, 0.1) is 17.8 Å². The van der Waals surface area contributed by atoms with Crippen molar-refractivity contribution < 1.29 is 4.79 Å². The van der Waals surface area contributed by atoms with Gasteiger partial charge in [-0.15, -0.1) is 0 Å². The molecule has 1 saturated carbocycles. The second kappa shape index (κ2) is 7.28. The van der Waals surface area contributed by atoms with Gasteiger partial charge < -0.3 is 5.32 Å². The zero-order valence-electron chi connectivity index (χ0n) is 11.9. The summed E-state index contributed by atoms with van der Waals surface area (Å²) in [7, 11) is 0. The number of rotatable bonds is 5. The number of Topliss-reactive ketones (excluding diaryl/α,β-unsaturated/α-hetero) is 1. The minimum Gasteiger partial charge on any atom is -0.316 e. The van der Waals surface area contributed by atoms with E-state index in [4.69, 9.17) is 0 Å². The topological polar surface area (TPSA) is 29.1 Å². The van der Waals surface area contributed by atoms with E-state index in [-0.39, 0.29) is 0 Å². The number of nitrogens with one attached hydrogen (secondary N) is 1. The standard InChI is InChI=1S/C16H29NO/c1-13(15-8-5-9-17-12-15)10-16(18)11-14-6-3-2-4-7-14/h13-15,17H,2-12H2,1H3. The lowest BCUT2D eigenvalue weighted by Gasteiger charge is -2.28. The SMILES string of the molecule is CC(CC(=O)CC1CCCCC1)C1CCCNC1. The predicted molar refractivity (Wildman–Crippen MR) is 75.6 cm³/mol. The van der Waals surface area contributed by atoms with E-state index in [0.717, 1.165) is 25.3 Å². The zero-order valence-corrected chi connectivity index (χ0v) is 11.9. The molecule has 0 amide bonds. The Balaban J connectivity index is 1.68. The number of hydrogen-bond acceptors (Lipinski definition) is 2. The van der Waals surface area contributed by atoms with Crippen molar-refractivity contribution >= 4 is 5.78 Å². The molecular weight excluding hydrogens is 222 g/mol. The summed E-state index contributed by atoms with van der Waals surface area (Å²) in [5.74, 6) is 2.55. The minimum atomic E-state index is 0.528. The smallest absolute Gasteiger partial charge is 0.133 e. The molecule has 0 spiro atoms. The molecule has 2 aliphatic rings.